The third-order valence-electron chi connectivity index (χ3n) is 2.37. The summed E-state index contributed by atoms with van der Waals surface area (Å²) >= 11 is 0. The molecule has 22 heavy (non-hydrogen) atoms. The molecule has 12 heteroatoms. The van der Waals surface area contributed by atoms with E-state index in [1.54, 1.807) is 0 Å². The van der Waals surface area contributed by atoms with Gasteiger partial charge in [0.15, 0.2) is 0 Å². The molecule has 1 rings (SSSR count). The first-order valence-corrected chi connectivity index (χ1v) is 6.82. The Labute approximate surface area is 128 Å². The SMILES string of the molecule is Cl.NCC(F)(F)CNS(=O)(=O)c1ccc(F)c(C(F)(F)F)c1. The van der Waals surface area contributed by atoms with Crippen LogP contribution in [0.25, 0.3) is 0 Å². The number of halogens is 7. The van der Waals surface area contributed by atoms with E-state index in [1.165, 1.54) is 4.72 Å². The summed E-state index contributed by atoms with van der Waals surface area (Å²) in [5, 5.41) is 0. The van der Waals surface area contributed by atoms with Gasteiger partial charge in [-0.3, -0.25) is 0 Å². The van der Waals surface area contributed by atoms with Crippen molar-refractivity contribution in [3.05, 3.63) is 29.6 Å². The summed E-state index contributed by atoms with van der Waals surface area (Å²) in [5.41, 5.74) is 2.88. The first-order chi connectivity index (χ1) is 9.39. The summed E-state index contributed by atoms with van der Waals surface area (Å²) in [6.07, 6.45) is -5.11. The van der Waals surface area contributed by atoms with Gasteiger partial charge in [-0.1, -0.05) is 0 Å². The average Bonchev–Trinajstić information content (AvgIpc) is 2.35. The molecule has 0 bridgehead atoms. The van der Waals surface area contributed by atoms with Gasteiger partial charge in [-0.05, 0) is 18.2 Å². The fourth-order valence-corrected chi connectivity index (χ4v) is 2.33. The number of rotatable bonds is 5. The van der Waals surface area contributed by atoms with Crippen LogP contribution in [0, 0.1) is 5.82 Å². The minimum atomic E-state index is -5.11. The Balaban J connectivity index is 0.00000441. The summed E-state index contributed by atoms with van der Waals surface area (Å²) in [5.74, 6) is -5.23. The average molecular weight is 373 g/mol. The van der Waals surface area contributed by atoms with Gasteiger partial charge in [-0.15, -0.1) is 12.4 Å². The molecule has 0 heterocycles. The zero-order valence-electron chi connectivity index (χ0n) is 10.6. The number of benzene rings is 1. The largest absolute Gasteiger partial charge is 0.419 e. The molecule has 4 nitrogen and oxygen atoms in total. The van der Waals surface area contributed by atoms with Gasteiger partial charge in [-0.2, -0.15) is 13.2 Å². The standard InChI is InChI=1S/C10H10F6N2O2S.ClH/c11-8-2-1-6(3-7(8)10(14,15)16)21(19,20)18-5-9(12,13)4-17;/h1-3,18H,4-5,17H2;1H. The fourth-order valence-electron chi connectivity index (χ4n) is 1.24. The van der Waals surface area contributed by atoms with Crippen LogP contribution in [-0.4, -0.2) is 27.4 Å². The van der Waals surface area contributed by atoms with Crippen molar-refractivity contribution in [2.75, 3.05) is 13.1 Å². The molecule has 0 saturated carbocycles. The second kappa shape index (κ2) is 7.02. The highest BCUT2D eigenvalue weighted by atomic mass is 35.5. The number of hydrogen-bond acceptors (Lipinski definition) is 3. The minimum Gasteiger partial charge on any atom is -0.325 e. The van der Waals surface area contributed by atoms with E-state index in [4.69, 9.17) is 5.73 Å². The van der Waals surface area contributed by atoms with E-state index in [9.17, 15) is 34.8 Å². The number of alkyl halides is 5. The van der Waals surface area contributed by atoms with Crippen LogP contribution in [0.5, 0.6) is 0 Å². The Bertz CT molecular complexity index is 620. The van der Waals surface area contributed by atoms with E-state index in [0.29, 0.717) is 12.1 Å². The first-order valence-electron chi connectivity index (χ1n) is 5.33. The lowest BCUT2D eigenvalue weighted by molar-refractivity contribution is -0.140. The van der Waals surface area contributed by atoms with Crippen LogP contribution in [0.4, 0.5) is 26.3 Å². The Morgan fingerprint density at radius 3 is 2.14 bits per heavy atom. The zero-order valence-corrected chi connectivity index (χ0v) is 12.3. The Morgan fingerprint density at radius 1 is 1.14 bits per heavy atom. The normalized spacial score (nSPS) is 12.9. The molecule has 0 saturated heterocycles. The van der Waals surface area contributed by atoms with Crippen LogP contribution in [0.15, 0.2) is 23.1 Å². The van der Waals surface area contributed by atoms with Crippen molar-refractivity contribution in [3.8, 4) is 0 Å². The predicted molar refractivity (Wildman–Crippen MR) is 67.8 cm³/mol. The van der Waals surface area contributed by atoms with E-state index in [-0.39, 0.29) is 18.5 Å². The van der Waals surface area contributed by atoms with Gasteiger partial charge in [0, 0.05) is 0 Å². The van der Waals surface area contributed by atoms with Crippen LogP contribution in [0.2, 0.25) is 0 Å². The second-order valence-corrected chi connectivity index (χ2v) is 5.79. The van der Waals surface area contributed by atoms with Gasteiger partial charge in [0.2, 0.25) is 10.0 Å². The van der Waals surface area contributed by atoms with Crippen LogP contribution in [-0.2, 0) is 16.2 Å². The van der Waals surface area contributed by atoms with Crippen molar-refractivity contribution in [1.82, 2.24) is 4.72 Å². The molecule has 3 N–H and O–H groups in total. The topological polar surface area (TPSA) is 72.2 Å². The second-order valence-electron chi connectivity index (χ2n) is 4.02. The van der Waals surface area contributed by atoms with Crippen molar-refractivity contribution in [2.45, 2.75) is 17.0 Å². The number of nitrogens with one attached hydrogen (secondary N) is 1. The van der Waals surface area contributed by atoms with Gasteiger partial charge >= 0.3 is 6.18 Å². The minimum absolute atomic E-state index is 0. The molecule has 0 atom stereocenters. The summed E-state index contributed by atoms with van der Waals surface area (Å²) in [7, 11) is -4.66. The van der Waals surface area contributed by atoms with Crippen LogP contribution in [0.3, 0.4) is 0 Å². The van der Waals surface area contributed by atoms with Crippen LogP contribution in [0.1, 0.15) is 5.56 Å². The van der Waals surface area contributed by atoms with Gasteiger partial charge in [0.05, 0.1) is 23.5 Å². The number of hydrogen-bond donors (Lipinski definition) is 2. The summed E-state index contributed by atoms with van der Waals surface area (Å²) in [4.78, 5) is -0.982. The Kier molecular flexibility index (Phi) is 6.69. The van der Waals surface area contributed by atoms with Gasteiger partial charge < -0.3 is 5.73 Å². The third-order valence-corrected chi connectivity index (χ3v) is 3.77. The monoisotopic (exact) mass is 372 g/mol. The lowest BCUT2D eigenvalue weighted by atomic mass is 10.2. The summed E-state index contributed by atoms with van der Waals surface area (Å²) in [6.45, 7) is -2.53. The molecule has 0 aromatic heterocycles. The molecule has 0 aliphatic rings. The fraction of sp³-hybridized carbons (Fsp3) is 0.400. The maximum absolute atomic E-state index is 13.0. The molecule has 0 amide bonds. The quantitative estimate of drug-likeness (QED) is 0.778. The third kappa shape index (κ3) is 5.30. The van der Waals surface area contributed by atoms with E-state index in [0.717, 1.165) is 0 Å². The molecule has 0 aliphatic heterocycles. The smallest absolute Gasteiger partial charge is 0.325 e. The maximum atomic E-state index is 13.0. The van der Waals surface area contributed by atoms with Gasteiger partial charge in [0.1, 0.15) is 5.82 Å². The van der Waals surface area contributed by atoms with Crippen molar-refractivity contribution in [2.24, 2.45) is 5.73 Å². The molecule has 128 valence electrons. The zero-order chi connectivity index (χ0) is 16.5. The molecular formula is C10H11ClF6N2O2S. The molecule has 1 aromatic rings. The molecular weight excluding hydrogens is 362 g/mol. The predicted octanol–water partition coefficient (Wildman–Crippen LogP) is 2.14. The first kappa shape index (κ1) is 21.0. The Hall–Kier alpha value is -1.04. The molecule has 1 aromatic carbocycles. The Morgan fingerprint density at radius 2 is 1.68 bits per heavy atom. The highest BCUT2D eigenvalue weighted by Crippen LogP contribution is 2.32. The highest BCUT2D eigenvalue weighted by Gasteiger charge is 2.36. The lowest BCUT2D eigenvalue weighted by Gasteiger charge is -2.15. The lowest BCUT2D eigenvalue weighted by Crippen LogP contribution is -2.41. The molecule has 0 unspecified atom stereocenters. The van der Waals surface area contributed by atoms with E-state index >= 15 is 0 Å². The van der Waals surface area contributed by atoms with Crippen molar-refractivity contribution < 1.29 is 34.8 Å². The molecule has 0 spiro atoms. The molecule has 0 fully saturated rings. The number of sulfonamides is 1. The van der Waals surface area contributed by atoms with Crippen LogP contribution >= 0.6 is 12.4 Å². The summed E-state index contributed by atoms with van der Waals surface area (Å²) in [6, 6.07) is 0.851. The molecule has 0 radical (unpaired) electrons. The van der Waals surface area contributed by atoms with Crippen molar-refractivity contribution >= 4 is 22.4 Å². The highest BCUT2D eigenvalue weighted by molar-refractivity contribution is 7.89. The van der Waals surface area contributed by atoms with E-state index in [2.05, 4.69) is 0 Å². The molecule has 0 aliphatic carbocycles. The maximum Gasteiger partial charge on any atom is 0.419 e. The van der Waals surface area contributed by atoms with Gasteiger partial charge in [-0.25, -0.2) is 26.3 Å². The van der Waals surface area contributed by atoms with Gasteiger partial charge in [0.25, 0.3) is 5.92 Å². The van der Waals surface area contributed by atoms with Crippen molar-refractivity contribution in [3.63, 3.8) is 0 Å². The van der Waals surface area contributed by atoms with E-state index in [1.807, 2.05) is 0 Å². The van der Waals surface area contributed by atoms with Crippen molar-refractivity contribution in [1.29, 1.82) is 0 Å². The van der Waals surface area contributed by atoms with Crippen LogP contribution < -0.4 is 10.5 Å². The number of nitrogens with two attached hydrogens (primary N) is 1. The van der Waals surface area contributed by atoms with E-state index < -0.39 is 51.5 Å². The summed E-state index contributed by atoms with van der Waals surface area (Å²) < 4.78 is 101.